The molecule has 1 aromatic rings. The molecule has 1 heterocycles. The maximum atomic E-state index is 12.3. The van der Waals surface area contributed by atoms with Gasteiger partial charge in [-0.25, -0.2) is 8.42 Å². The lowest BCUT2D eigenvalue weighted by atomic mass is 9.67. The predicted octanol–water partition coefficient (Wildman–Crippen LogP) is 0.553. The first-order chi connectivity index (χ1) is 10.8. The van der Waals surface area contributed by atoms with Crippen LogP contribution in [0.5, 0.6) is 0 Å². The van der Waals surface area contributed by atoms with Crippen molar-refractivity contribution >= 4 is 15.9 Å². The number of aliphatic hydroxyl groups is 1. The number of nitrogens with zero attached hydrogens (tertiary/aromatic N) is 2. The first-order valence-electron chi connectivity index (χ1n) is 8.01. The van der Waals surface area contributed by atoms with E-state index in [1.54, 1.807) is 19.3 Å². The molecule has 4 atom stereocenters. The molecule has 2 fully saturated rings. The lowest BCUT2D eigenvalue weighted by molar-refractivity contribution is -0.126. The Hall–Kier alpha value is -1.41. The summed E-state index contributed by atoms with van der Waals surface area (Å²) in [5.74, 6) is -0.326. The summed E-state index contributed by atoms with van der Waals surface area (Å²) in [6.07, 6.45) is 5.22. The number of nitrogens with one attached hydrogen (secondary N) is 1. The zero-order valence-electron chi connectivity index (χ0n) is 13.2. The highest BCUT2D eigenvalue weighted by atomic mass is 32.2. The fourth-order valence-electron chi connectivity index (χ4n) is 4.04. The van der Waals surface area contributed by atoms with Crippen LogP contribution >= 0.6 is 0 Å². The lowest BCUT2D eigenvalue weighted by Crippen LogP contribution is -2.42. The molecule has 0 aliphatic heterocycles. The molecule has 2 bridgehead atoms. The first-order valence-corrected chi connectivity index (χ1v) is 9.67. The summed E-state index contributed by atoms with van der Waals surface area (Å²) >= 11 is 0. The predicted molar refractivity (Wildman–Crippen MR) is 83.5 cm³/mol. The number of amides is 1. The normalized spacial score (nSPS) is 30.9. The van der Waals surface area contributed by atoms with Crippen LogP contribution in [0.1, 0.15) is 37.8 Å². The molecule has 2 aliphatic carbocycles. The van der Waals surface area contributed by atoms with Crippen LogP contribution in [0.15, 0.2) is 12.3 Å². The van der Waals surface area contributed by atoms with Gasteiger partial charge in [0.25, 0.3) is 0 Å². The second kappa shape index (κ2) is 6.24. The standard InChI is InChI=1S/C15H23N3O4S/c1-18-3-2-13(16-18)9-23(21,22)17-15(20)12-5-10-4-11(6-12)8-14(19)7-10/h2-3,10-12,14,19H,4-9H2,1H3,(H,17,20)/t10-,11+,12?,14?. The van der Waals surface area contributed by atoms with Crippen molar-refractivity contribution in [3.8, 4) is 0 Å². The quantitative estimate of drug-likeness (QED) is 0.833. The van der Waals surface area contributed by atoms with E-state index in [0.717, 1.165) is 19.3 Å². The molecule has 1 aromatic heterocycles. The van der Waals surface area contributed by atoms with E-state index in [9.17, 15) is 18.3 Å². The van der Waals surface area contributed by atoms with E-state index in [0.29, 0.717) is 30.4 Å². The molecule has 23 heavy (non-hydrogen) atoms. The van der Waals surface area contributed by atoms with Crippen molar-refractivity contribution in [2.24, 2.45) is 24.8 Å². The molecule has 8 heteroatoms. The van der Waals surface area contributed by atoms with Crippen LogP contribution in [0.2, 0.25) is 0 Å². The number of hydrogen-bond acceptors (Lipinski definition) is 5. The van der Waals surface area contributed by atoms with Crippen molar-refractivity contribution in [3.63, 3.8) is 0 Å². The highest BCUT2D eigenvalue weighted by Gasteiger charge is 2.38. The van der Waals surface area contributed by atoms with Crippen LogP contribution in [-0.4, -0.2) is 35.3 Å². The second-order valence-electron chi connectivity index (χ2n) is 6.97. The first kappa shape index (κ1) is 16.4. The SMILES string of the molecule is Cn1ccc(CS(=O)(=O)NC(=O)C2C[C@H]3CC(O)C[C@@H](C2)C3)n1. The van der Waals surface area contributed by atoms with E-state index in [4.69, 9.17) is 0 Å². The average Bonchev–Trinajstić information content (AvgIpc) is 2.81. The maximum absolute atomic E-state index is 12.3. The highest BCUT2D eigenvalue weighted by Crippen LogP contribution is 2.42. The van der Waals surface area contributed by atoms with Crippen molar-refractivity contribution in [2.75, 3.05) is 0 Å². The molecular formula is C15H23N3O4S. The average molecular weight is 341 g/mol. The number of aliphatic hydroxyl groups excluding tert-OH is 1. The molecule has 128 valence electrons. The minimum Gasteiger partial charge on any atom is -0.393 e. The summed E-state index contributed by atoms with van der Waals surface area (Å²) in [6, 6.07) is 1.62. The number of aryl methyl sites for hydroxylation is 1. The van der Waals surface area contributed by atoms with Crippen molar-refractivity contribution in [3.05, 3.63) is 18.0 Å². The molecular weight excluding hydrogens is 318 g/mol. The van der Waals surface area contributed by atoms with Crippen molar-refractivity contribution in [1.29, 1.82) is 0 Å². The van der Waals surface area contributed by atoms with Crippen LogP contribution in [-0.2, 0) is 27.6 Å². The number of fused-ring (bicyclic) bond motifs is 2. The summed E-state index contributed by atoms with van der Waals surface area (Å²) in [7, 11) is -2.02. The Morgan fingerprint density at radius 2 is 1.96 bits per heavy atom. The molecule has 0 spiro atoms. The Morgan fingerprint density at radius 1 is 1.30 bits per heavy atom. The Morgan fingerprint density at radius 3 is 2.52 bits per heavy atom. The van der Waals surface area contributed by atoms with Gasteiger partial charge >= 0.3 is 0 Å². The zero-order chi connectivity index (χ0) is 16.6. The Labute approximate surface area is 136 Å². The Kier molecular flexibility index (Phi) is 4.46. The number of carbonyl (C=O) groups excluding carboxylic acids is 1. The van der Waals surface area contributed by atoms with Gasteiger partial charge in [0.05, 0.1) is 11.8 Å². The molecule has 1 amide bonds. The van der Waals surface area contributed by atoms with E-state index in [1.165, 1.54) is 4.68 Å². The molecule has 2 unspecified atom stereocenters. The number of rotatable bonds is 4. The third-order valence-electron chi connectivity index (χ3n) is 4.85. The van der Waals surface area contributed by atoms with Gasteiger partial charge in [-0.3, -0.25) is 14.2 Å². The van der Waals surface area contributed by atoms with Gasteiger partial charge in [-0.1, -0.05) is 0 Å². The summed E-state index contributed by atoms with van der Waals surface area (Å²) in [4.78, 5) is 12.3. The molecule has 7 nitrogen and oxygen atoms in total. The highest BCUT2D eigenvalue weighted by molar-refractivity contribution is 7.89. The molecule has 2 N–H and O–H groups in total. The van der Waals surface area contributed by atoms with Gasteiger partial charge in [0.15, 0.2) is 0 Å². The van der Waals surface area contributed by atoms with Gasteiger partial charge < -0.3 is 5.11 Å². The van der Waals surface area contributed by atoms with E-state index in [2.05, 4.69) is 9.82 Å². The molecule has 0 aromatic carbocycles. The topological polar surface area (TPSA) is 101 Å². The number of hydrogen-bond donors (Lipinski definition) is 2. The maximum Gasteiger partial charge on any atom is 0.240 e. The lowest BCUT2D eigenvalue weighted by Gasteiger charge is -2.40. The third-order valence-corrected chi connectivity index (χ3v) is 6.03. The van der Waals surface area contributed by atoms with Crippen molar-refractivity contribution in [1.82, 2.24) is 14.5 Å². The van der Waals surface area contributed by atoms with Gasteiger partial charge in [-0.2, -0.15) is 5.10 Å². The van der Waals surface area contributed by atoms with E-state index in [1.807, 2.05) is 0 Å². The van der Waals surface area contributed by atoms with Crippen LogP contribution in [0.25, 0.3) is 0 Å². The van der Waals surface area contributed by atoms with E-state index < -0.39 is 15.9 Å². The van der Waals surface area contributed by atoms with Gasteiger partial charge in [0.2, 0.25) is 15.9 Å². The fourth-order valence-corrected chi connectivity index (χ4v) is 5.13. The summed E-state index contributed by atoms with van der Waals surface area (Å²) in [5.41, 5.74) is 0.413. The second-order valence-corrected chi connectivity index (χ2v) is 8.69. The molecule has 2 saturated carbocycles. The van der Waals surface area contributed by atoms with Crippen LogP contribution in [0.4, 0.5) is 0 Å². The summed E-state index contributed by atoms with van der Waals surface area (Å²) < 4.78 is 28.0. The molecule has 0 radical (unpaired) electrons. The van der Waals surface area contributed by atoms with Crippen LogP contribution < -0.4 is 4.72 Å². The van der Waals surface area contributed by atoms with E-state index in [-0.39, 0.29) is 17.8 Å². The monoisotopic (exact) mass is 341 g/mol. The fraction of sp³-hybridized carbons (Fsp3) is 0.733. The molecule has 0 saturated heterocycles. The number of carbonyl (C=O) groups is 1. The summed E-state index contributed by atoms with van der Waals surface area (Å²) in [5, 5.41) is 13.8. The largest absolute Gasteiger partial charge is 0.393 e. The smallest absolute Gasteiger partial charge is 0.240 e. The van der Waals surface area contributed by atoms with Gasteiger partial charge in [0.1, 0.15) is 5.75 Å². The van der Waals surface area contributed by atoms with Gasteiger partial charge in [-0.15, -0.1) is 0 Å². The zero-order valence-corrected chi connectivity index (χ0v) is 14.0. The minimum atomic E-state index is -3.73. The third kappa shape index (κ3) is 4.11. The van der Waals surface area contributed by atoms with Crippen LogP contribution in [0.3, 0.4) is 0 Å². The van der Waals surface area contributed by atoms with Crippen molar-refractivity contribution < 1.29 is 18.3 Å². The minimum absolute atomic E-state index is 0.268. The number of aromatic nitrogens is 2. The van der Waals surface area contributed by atoms with Gasteiger partial charge in [0, 0.05) is 19.2 Å². The Balaban J connectivity index is 1.60. The van der Waals surface area contributed by atoms with Gasteiger partial charge in [-0.05, 0) is 50.0 Å². The summed E-state index contributed by atoms with van der Waals surface area (Å²) in [6.45, 7) is 0. The molecule has 2 aliphatic rings. The Bertz CT molecular complexity index is 667. The molecule has 3 rings (SSSR count). The van der Waals surface area contributed by atoms with Crippen molar-refractivity contribution in [2.45, 2.75) is 44.0 Å². The van der Waals surface area contributed by atoms with E-state index >= 15 is 0 Å². The number of sulfonamides is 1. The van der Waals surface area contributed by atoms with Crippen LogP contribution in [0, 0.1) is 17.8 Å².